The first-order valence-electron chi connectivity index (χ1n) is 8.60. The van der Waals surface area contributed by atoms with Crippen LogP contribution in [-0.2, 0) is 10.0 Å². The van der Waals surface area contributed by atoms with Crippen molar-refractivity contribution in [2.24, 2.45) is 0 Å². The Bertz CT molecular complexity index is 1100. The van der Waals surface area contributed by atoms with E-state index in [9.17, 15) is 13.2 Å². The number of sulfonamides is 1. The van der Waals surface area contributed by atoms with Crippen LogP contribution in [0.4, 0.5) is 0 Å². The normalized spacial score (nSPS) is 18.6. The average Bonchev–Trinajstić information content (AvgIpc) is 3.18. The summed E-state index contributed by atoms with van der Waals surface area (Å²) in [6, 6.07) is 12.4. The minimum Gasteiger partial charge on any atom is -0.476 e. The van der Waals surface area contributed by atoms with Gasteiger partial charge in [0, 0.05) is 18.5 Å². The SMILES string of the molecule is O=C(O)c1cn(C2CCCN(S(=O)(=O)c3cccc4ccccc34)C2)nn1. The molecular formula is C18H18N4O4S. The largest absolute Gasteiger partial charge is 0.476 e. The molecule has 9 heteroatoms. The molecule has 1 saturated heterocycles. The van der Waals surface area contributed by atoms with Crippen molar-refractivity contribution >= 4 is 26.8 Å². The first kappa shape index (κ1) is 17.6. The molecule has 0 aliphatic carbocycles. The van der Waals surface area contributed by atoms with E-state index < -0.39 is 16.0 Å². The van der Waals surface area contributed by atoms with Gasteiger partial charge in [-0.3, -0.25) is 0 Å². The van der Waals surface area contributed by atoms with Crippen LogP contribution in [0.3, 0.4) is 0 Å². The third-order valence-electron chi connectivity index (χ3n) is 4.83. The van der Waals surface area contributed by atoms with Gasteiger partial charge in [-0.15, -0.1) is 5.10 Å². The lowest BCUT2D eigenvalue weighted by atomic mass is 10.1. The molecule has 1 unspecified atom stereocenters. The van der Waals surface area contributed by atoms with Gasteiger partial charge in [-0.05, 0) is 24.3 Å². The molecule has 1 fully saturated rings. The Balaban J connectivity index is 1.66. The summed E-state index contributed by atoms with van der Waals surface area (Å²) in [4.78, 5) is 11.3. The monoisotopic (exact) mass is 386 g/mol. The van der Waals surface area contributed by atoms with Crippen molar-refractivity contribution < 1.29 is 18.3 Å². The van der Waals surface area contributed by atoms with Crippen molar-refractivity contribution in [1.82, 2.24) is 19.3 Å². The Morgan fingerprint density at radius 2 is 1.93 bits per heavy atom. The van der Waals surface area contributed by atoms with Crippen LogP contribution >= 0.6 is 0 Å². The second-order valence-corrected chi connectivity index (χ2v) is 8.43. The molecule has 2 aromatic carbocycles. The zero-order valence-corrected chi connectivity index (χ0v) is 15.2. The van der Waals surface area contributed by atoms with Crippen LogP contribution in [-0.4, -0.2) is 51.9 Å². The summed E-state index contributed by atoms with van der Waals surface area (Å²) in [6.45, 7) is 0.649. The van der Waals surface area contributed by atoms with E-state index in [0.717, 1.165) is 5.39 Å². The third-order valence-corrected chi connectivity index (χ3v) is 6.75. The molecule has 2 heterocycles. The molecule has 140 valence electrons. The highest BCUT2D eigenvalue weighted by molar-refractivity contribution is 7.89. The molecule has 1 aromatic heterocycles. The smallest absolute Gasteiger partial charge is 0.358 e. The molecule has 1 atom stereocenters. The molecule has 27 heavy (non-hydrogen) atoms. The quantitative estimate of drug-likeness (QED) is 0.737. The van der Waals surface area contributed by atoms with Gasteiger partial charge >= 0.3 is 5.97 Å². The molecule has 0 saturated carbocycles. The zero-order valence-electron chi connectivity index (χ0n) is 14.4. The Morgan fingerprint density at radius 1 is 1.15 bits per heavy atom. The summed E-state index contributed by atoms with van der Waals surface area (Å²) < 4.78 is 29.5. The van der Waals surface area contributed by atoms with Gasteiger partial charge < -0.3 is 5.11 Å². The van der Waals surface area contributed by atoms with E-state index in [4.69, 9.17) is 5.11 Å². The lowest BCUT2D eigenvalue weighted by Crippen LogP contribution is -2.40. The number of rotatable bonds is 4. The summed E-state index contributed by atoms with van der Waals surface area (Å²) >= 11 is 0. The summed E-state index contributed by atoms with van der Waals surface area (Å²) in [7, 11) is -3.68. The highest BCUT2D eigenvalue weighted by atomic mass is 32.2. The molecule has 1 N–H and O–H groups in total. The third kappa shape index (κ3) is 3.19. The molecule has 4 rings (SSSR count). The molecule has 0 bridgehead atoms. The van der Waals surface area contributed by atoms with Crippen LogP contribution in [0, 0.1) is 0 Å². The van der Waals surface area contributed by atoms with E-state index in [0.29, 0.717) is 24.8 Å². The van der Waals surface area contributed by atoms with Crippen molar-refractivity contribution in [2.75, 3.05) is 13.1 Å². The Kier molecular flexibility index (Phi) is 4.40. The second kappa shape index (κ2) is 6.75. The molecule has 0 radical (unpaired) electrons. The topological polar surface area (TPSA) is 105 Å². The summed E-state index contributed by atoms with van der Waals surface area (Å²) in [5.74, 6) is -1.16. The van der Waals surface area contributed by atoms with Crippen molar-refractivity contribution in [3.63, 3.8) is 0 Å². The highest BCUT2D eigenvalue weighted by Gasteiger charge is 2.32. The maximum absolute atomic E-state index is 13.3. The number of aromatic nitrogens is 3. The molecule has 0 spiro atoms. The summed E-state index contributed by atoms with van der Waals surface area (Å²) in [6.07, 6.45) is 2.72. The van der Waals surface area contributed by atoms with Crippen molar-refractivity contribution in [3.05, 3.63) is 54.4 Å². The Labute approximate surface area is 156 Å². The number of benzene rings is 2. The van der Waals surface area contributed by atoms with Crippen LogP contribution in [0.2, 0.25) is 0 Å². The van der Waals surface area contributed by atoms with E-state index in [2.05, 4.69) is 10.3 Å². The van der Waals surface area contributed by atoms with E-state index in [1.807, 2.05) is 24.3 Å². The van der Waals surface area contributed by atoms with Crippen LogP contribution in [0.25, 0.3) is 10.8 Å². The van der Waals surface area contributed by atoms with E-state index in [1.165, 1.54) is 15.2 Å². The number of carboxylic acids is 1. The van der Waals surface area contributed by atoms with Gasteiger partial charge in [0.05, 0.1) is 17.1 Å². The number of nitrogens with zero attached hydrogens (tertiary/aromatic N) is 4. The second-order valence-electron chi connectivity index (χ2n) is 6.53. The standard InChI is InChI=1S/C18H18N4O4S/c23-18(24)16-12-22(20-19-16)14-7-4-10-21(11-14)27(25,26)17-9-3-6-13-5-1-2-8-15(13)17/h1-3,5-6,8-9,12,14H,4,7,10-11H2,(H,23,24). The van der Waals surface area contributed by atoms with Gasteiger partial charge in [0.15, 0.2) is 5.69 Å². The van der Waals surface area contributed by atoms with Crippen molar-refractivity contribution in [2.45, 2.75) is 23.8 Å². The van der Waals surface area contributed by atoms with Crippen LogP contribution in [0.15, 0.2) is 53.6 Å². The number of hydrogen-bond acceptors (Lipinski definition) is 5. The predicted octanol–water partition coefficient (Wildman–Crippen LogP) is 2.16. The average molecular weight is 386 g/mol. The zero-order chi connectivity index (χ0) is 19.0. The fraction of sp³-hybridized carbons (Fsp3) is 0.278. The maximum Gasteiger partial charge on any atom is 0.358 e. The van der Waals surface area contributed by atoms with Crippen LogP contribution in [0.1, 0.15) is 29.4 Å². The van der Waals surface area contributed by atoms with Crippen LogP contribution < -0.4 is 0 Å². The summed E-state index contributed by atoms with van der Waals surface area (Å²) in [5, 5.41) is 18.1. The van der Waals surface area contributed by atoms with Crippen molar-refractivity contribution in [3.8, 4) is 0 Å². The number of hydrogen-bond donors (Lipinski definition) is 1. The minimum atomic E-state index is -3.68. The van der Waals surface area contributed by atoms with Gasteiger partial charge in [-0.2, -0.15) is 4.31 Å². The van der Waals surface area contributed by atoms with Gasteiger partial charge in [-0.25, -0.2) is 17.9 Å². The number of carboxylic acid groups (broad SMARTS) is 1. The Morgan fingerprint density at radius 3 is 2.70 bits per heavy atom. The lowest BCUT2D eigenvalue weighted by molar-refractivity contribution is 0.0690. The summed E-state index contributed by atoms with van der Waals surface area (Å²) in [5.41, 5.74) is -0.149. The van der Waals surface area contributed by atoms with E-state index >= 15 is 0 Å². The fourth-order valence-corrected chi connectivity index (χ4v) is 5.20. The number of carbonyl (C=O) groups is 1. The van der Waals surface area contributed by atoms with Gasteiger partial charge in [0.2, 0.25) is 10.0 Å². The minimum absolute atomic E-state index is 0.149. The molecule has 1 aliphatic heterocycles. The lowest BCUT2D eigenvalue weighted by Gasteiger charge is -2.32. The highest BCUT2D eigenvalue weighted by Crippen LogP contribution is 2.30. The molecule has 0 amide bonds. The first-order chi connectivity index (χ1) is 13.0. The molecule has 3 aromatic rings. The van der Waals surface area contributed by atoms with E-state index in [1.54, 1.807) is 18.2 Å². The molecular weight excluding hydrogens is 368 g/mol. The Hall–Kier alpha value is -2.78. The number of aromatic carboxylic acids is 1. The van der Waals surface area contributed by atoms with Gasteiger partial charge in [-0.1, -0.05) is 41.6 Å². The van der Waals surface area contributed by atoms with Crippen molar-refractivity contribution in [1.29, 1.82) is 0 Å². The van der Waals surface area contributed by atoms with Gasteiger partial charge in [0.1, 0.15) is 0 Å². The van der Waals surface area contributed by atoms with E-state index in [-0.39, 0.29) is 23.2 Å². The molecule has 1 aliphatic rings. The number of piperidine rings is 1. The fourth-order valence-electron chi connectivity index (χ4n) is 3.47. The van der Waals surface area contributed by atoms with Gasteiger partial charge in [0.25, 0.3) is 0 Å². The number of fused-ring (bicyclic) bond motifs is 1. The first-order valence-corrected chi connectivity index (χ1v) is 10.0. The van der Waals surface area contributed by atoms with Crippen LogP contribution in [0.5, 0.6) is 0 Å². The molecule has 8 nitrogen and oxygen atoms in total. The predicted molar refractivity (Wildman–Crippen MR) is 98.0 cm³/mol. The maximum atomic E-state index is 13.3.